The van der Waals surface area contributed by atoms with E-state index in [1.165, 1.54) is 12.1 Å². The van der Waals surface area contributed by atoms with Gasteiger partial charge >= 0.3 is 0 Å². The van der Waals surface area contributed by atoms with Crippen molar-refractivity contribution in [2.45, 2.75) is 4.90 Å². The van der Waals surface area contributed by atoms with Crippen molar-refractivity contribution in [1.82, 2.24) is 4.72 Å². The molecule has 0 heterocycles. The van der Waals surface area contributed by atoms with Gasteiger partial charge in [-0.05, 0) is 18.2 Å². The SMILES string of the molecule is C=CCSCCNS(=O)(=O)c1ccc(N)c(F)c1. The molecule has 0 saturated carbocycles. The summed E-state index contributed by atoms with van der Waals surface area (Å²) in [6, 6.07) is 3.42. The molecule has 0 atom stereocenters. The van der Waals surface area contributed by atoms with E-state index in [0.29, 0.717) is 5.75 Å². The molecule has 0 unspecified atom stereocenters. The summed E-state index contributed by atoms with van der Waals surface area (Å²) < 4.78 is 39.1. The molecule has 0 aliphatic rings. The molecule has 0 aliphatic carbocycles. The van der Waals surface area contributed by atoms with Gasteiger partial charge in [0.05, 0.1) is 10.6 Å². The van der Waals surface area contributed by atoms with Gasteiger partial charge in [0.15, 0.2) is 0 Å². The third-order valence-corrected chi connectivity index (χ3v) is 4.48. The first-order valence-electron chi connectivity index (χ1n) is 5.20. The summed E-state index contributed by atoms with van der Waals surface area (Å²) in [6.07, 6.45) is 1.74. The van der Waals surface area contributed by atoms with Crippen molar-refractivity contribution >= 4 is 27.5 Å². The number of nitrogens with one attached hydrogen (secondary N) is 1. The zero-order valence-electron chi connectivity index (χ0n) is 9.73. The third kappa shape index (κ3) is 4.32. The molecule has 0 radical (unpaired) electrons. The molecular formula is C11H15FN2O2S2. The van der Waals surface area contributed by atoms with Crippen LogP contribution in [-0.4, -0.2) is 26.5 Å². The molecular weight excluding hydrogens is 275 g/mol. The lowest BCUT2D eigenvalue weighted by atomic mass is 10.3. The van der Waals surface area contributed by atoms with E-state index in [4.69, 9.17) is 5.73 Å². The minimum Gasteiger partial charge on any atom is -0.396 e. The van der Waals surface area contributed by atoms with Crippen LogP contribution in [0.4, 0.5) is 10.1 Å². The fourth-order valence-corrected chi connectivity index (χ4v) is 2.93. The van der Waals surface area contributed by atoms with Gasteiger partial charge in [-0.3, -0.25) is 0 Å². The molecule has 0 bridgehead atoms. The minimum absolute atomic E-state index is 0.0736. The van der Waals surface area contributed by atoms with Crippen molar-refractivity contribution in [2.75, 3.05) is 23.8 Å². The first kappa shape index (κ1) is 15.0. The second-order valence-electron chi connectivity index (χ2n) is 3.44. The Morgan fingerprint density at radius 2 is 2.22 bits per heavy atom. The predicted molar refractivity (Wildman–Crippen MR) is 73.5 cm³/mol. The maximum absolute atomic E-state index is 13.2. The van der Waals surface area contributed by atoms with E-state index in [9.17, 15) is 12.8 Å². The van der Waals surface area contributed by atoms with Gasteiger partial charge in [0.1, 0.15) is 5.82 Å². The van der Waals surface area contributed by atoms with Gasteiger partial charge in [0.2, 0.25) is 10.0 Å². The van der Waals surface area contributed by atoms with Gasteiger partial charge in [-0.25, -0.2) is 17.5 Å². The molecule has 0 fully saturated rings. The number of hydrogen-bond acceptors (Lipinski definition) is 4. The molecule has 4 nitrogen and oxygen atoms in total. The summed E-state index contributed by atoms with van der Waals surface area (Å²) in [6.45, 7) is 3.84. The second-order valence-corrected chi connectivity index (χ2v) is 6.36. The summed E-state index contributed by atoms with van der Waals surface area (Å²) in [5.41, 5.74) is 5.21. The number of anilines is 1. The Labute approximate surface area is 111 Å². The van der Waals surface area contributed by atoms with Crippen LogP contribution in [0.2, 0.25) is 0 Å². The van der Waals surface area contributed by atoms with E-state index in [1.54, 1.807) is 17.8 Å². The zero-order chi connectivity index (χ0) is 13.6. The smallest absolute Gasteiger partial charge is 0.240 e. The summed E-state index contributed by atoms with van der Waals surface area (Å²) in [5, 5.41) is 0. The van der Waals surface area contributed by atoms with Crippen molar-refractivity contribution in [1.29, 1.82) is 0 Å². The largest absolute Gasteiger partial charge is 0.396 e. The number of sulfonamides is 1. The van der Waals surface area contributed by atoms with Gasteiger partial charge in [-0.2, -0.15) is 11.8 Å². The standard InChI is InChI=1S/C11H15FN2O2S2/c1-2-6-17-7-5-14-18(15,16)9-3-4-11(13)10(12)8-9/h2-4,8,14H,1,5-7,13H2. The van der Waals surface area contributed by atoms with Crippen molar-refractivity contribution in [3.05, 3.63) is 36.7 Å². The highest BCUT2D eigenvalue weighted by Crippen LogP contribution is 2.16. The summed E-state index contributed by atoms with van der Waals surface area (Å²) >= 11 is 1.56. The Hall–Kier alpha value is -1.05. The number of rotatable bonds is 7. The Kier molecular flexibility index (Phi) is 5.64. The first-order chi connectivity index (χ1) is 8.47. The van der Waals surface area contributed by atoms with Gasteiger partial charge < -0.3 is 5.73 Å². The van der Waals surface area contributed by atoms with E-state index in [1.807, 2.05) is 0 Å². The van der Waals surface area contributed by atoms with E-state index in [0.717, 1.165) is 11.8 Å². The molecule has 1 aromatic carbocycles. The molecule has 0 amide bonds. The normalized spacial score (nSPS) is 11.4. The van der Waals surface area contributed by atoms with Crippen LogP contribution in [0.25, 0.3) is 0 Å². The Morgan fingerprint density at radius 3 is 2.83 bits per heavy atom. The van der Waals surface area contributed by atoms with Gasteiger partial charge in [0.25, 0.3) is 0 Å². The third-order valence-electron chi connectivity index (χ3n) is 2.06. The number of thioether (sulfide) groups is 1. The van der Waals surface area contributed by atoms with Crippen LogP contribution in [0.1, 0.15) is 0 Å². The highest BCUT2D eigenvalue weighted by atomic mass is 32.2. The van der Waals surface area contributed by atoms with E-state index >= 15 is 0 Å². The fraction of sp³-hybridized carbons (Fsp3) is 0.273. The maximum Gasteiger partial charge on any atom is 0.240 e. The molecule has 1 rings (SSSR count). The van der Waals surface area contributed by atoms with E-state index < -0.39 is 15.8 Å². The predicted octanol–water partition coefficient (Wildman–Crippen LogP) is 1.61. The van der Waals surface area contributed by atoms with E-state index in [2.05, 4.69) is 11.3 Å². The number of hydrogen-bond donors (Lipinski definition) is 2. The van der Waals surface area contributed by atoms with Crippen LogP contribution in [0, 0.1) is 5.82 Å². The molecule has 100 valence electrons. The number of benzene rings is 1. The number of nitrogens with two attached hydrogens (primary N) is 1. The molecule has 0 aromatic heterocycles. The van der Waals surface area contributed by atoms with Crippen LogP contribution >= 0.6 is 11.8 Å². The molecule has 18 heavy (non-hydrogen) atoms. The monoisotopic (exact) mass is 290 g/mol. The second kappa shape index (κ2) is 6.77. The number of nitrogen functional groups attached to an aromatic ring is 1. The highest BCUT2D eigenvalue weighted by molar-refractivity contribution is 7.99. The summed E-state index contributed by atoms with van der Waals surface area (Å²) in [5.74, 6) is 0.653. The van der Waals surface area contributed by atoms with Crippen LogP contribution in [0.3, 0.4) is 0 Å². The average molecular weight is 290 g/mol. The van der Waals surface area contributed by atoms with Gasteiger partial charge in [-0.15, -0.1) is 6.58 Å². The molecule has 3 N–H and O–H groups in total. The quantitative estimate of drug-likeness (QED) is 0.454. The van der Waals surface area contributed by atoms with Crippen molar-refractivity contribution in [3.8, 4) is 0 Å². The molecule has 0 aliphatic heterocycles. The average Bonchev–Trinajstić information content (AvgIpc) is 2.32. The van der Waals surface area contributed by atoms with E-state index in [-0.39, 0.29) is 17.1 Å². The van der Waals surface area contributed by atoms with Crippen LogP contribution in [0.5, 0.6) is 0 Å². The summed E-state index contributed by atoms with van der Waals surface area (Å²) in [4.78, 5) is -0.122. The number of halogens is 1. The van der Waals surface area contributed by atoms with Crippen LogP contribution < -0.4 is 10.5 Å². The van der Waals surface area contributed by atoms with Crippen LogP contribution in [0.15, 0.2) is 35.7 Å². The van der Waals surface area contributed by atoms with Crippen molar-refractivity contribution in [2.24, 2.45) is 0 Å². The fourth-order valence-electron chi connectivity index (χ4n) is 1.17. The van der Waals surface area contributed by atoms with Crippen molar-refractivity contribution < 1.29 is 12.8 Å². The van der Waals surface area contributed by atoms with Gasteiger partial charge in [0, 0.05) is 18.1 Å². The Balaban J connectivity index is 2.62. The topological polar surface area (TPSA) is 72.2 Å². The Morgan fingerprint density at radius 1 is 1.50 bits per heavy atom. The Bertz CT molecular complexity index is 518. The molecule has 0 spiro atoms. The van der Waals surface area contributed by atoms with Crippen LogP contribution in [-0.2, 0) is 10.0 Å². The highest BCUT2D eigenvalue weighted by Gasteiger charge is 2.14. The zero-order valence-corrected chi connectivity index (χ0v) is 11.4. The van der Waals surface area contributed by atoms with Crippen molar-refractivity contribution in [3.63, 3.8) is 0 Å². The minimum atomic E-state index is -3.67. The molecule has 1 aromatic rings. The molecule has 7 heteroatoms. The summed E-state index contributed by atoms with van der Waals surface area (Å²) in [7, 11) is -3.67. The first-order valence-corrected chi connectivity index (χ1v) is 7.84. The maximum atomic E-state index is 13.2. The lowest BCUT2D eigenvalue weighted by Crippen LogP contribution is -2.26. The molecule has 0 saturated heterocycles. The van der Waals surface area contributed by atoms with Gasteiger partial charge in [-0.1, -0.05) is 6.08 Å². The lowest BCUT2D eigenvalue weighted by molar-refractivity contribution is 0.580. The lowest BCUT2D eigenvalue weighted by Gasteiger charge is -2.07.